The number of aryl methyl sites for hydroxylation is 1. The molecule has 0 saturated heterocycles. The van der Waals surface area contributed by atoms with E-state index >= 15 is 0 Å². The molecule has 0 saturated carbocycles. The second-order valence-electron chi connectivity index (χ2n) is 5.74. The quantitative estimate of drug-likeness (QED) is 0.510. The molecule has 0 radical (unpaired) electrons. The Morgan fingerprint density at radius 2 is 1.93 bits per heavy atom. The van der Waals surface area contributed by atoms with E-state index in [-0.39, 0.29) is 23.7 Å². The minimum atomic E-state index is -0.582. The molecule has 0 aliphatic rings. The number of hydrogen-bond donors (Lipinski definition) is 1. The van der Waals surface area contributed by atoms with Crippen molar-refractivity contribution < 1.29 is 23.3 Å². The molecule has 0 bridgehead atoms. The molecule has 3 rings (SSSR count). The van der Waals surface area contributed by atoms with Crippen LogP contribution in [0.4, 0.5) is 15.8 Å². The first kappa shape index (κ1) is 18.1. The zero-order chi connectivity index (χ0) is 19.4. The Morgan fingerprint density at radius 1 is 1.19 bits per heavy atom. The van der Waals surface area contributed by atoms with Crippen LogP contribution in [-0.2, 0) is 6.61 Å². The summed E-state index contributed by atoms with van der Waals surface area (Å²) in [5.74, 6) is -0.311. The zero-order valence-corrected chi connectivity index (χ0v) is 14.3. The first-order chi connectivity index (χ1) is 12.9. The Morgan fingerprint density at radius 3 is 2.63 bits per heavy atom. The lowest BCUT2D eigenvalue weighted by Gasteiger charge is -2.06. The second kappa shape index (κ2) is 7.69. The van der Waals surface area contributed by atoms with E-state index in [1.54, 1.807) is 19.1 Å². The number of nitrogens with one attached hydrogen (secondary N) is 1. The average Bonchev–Trinajstić information content (AvgIpc) is 3.12. The number of carbonyl (C=O) groups excluding carboxylic acids is 1. The average molecular weight is 370 g/mol. The first-order valence-electron chi connectivity index (χ1n) is 7.96. The van der Waals surface area contributed by atoms with Gasteiger partial charge in [-0.1, -0.05) is 6.07 Å². The Hall–Kier alpha value is -3.68. The van der Waals surface area contributed by atoms with E-state index in [0.717, 1.165) is 5.56 Å². The molecule has 0 unspecified atom stereocenters. The van der Waals surface area contributed by atoms with Gasteiger partial charge in [0, 0.05) is 12.1 Å². The lowest BCUT2D eigenvalue weighted by Crippen LogP contribution is -2.12. The lowest BCUT2D eigenvalue weighted by atomic mass is 10.2. The van der Waals surface area contributed by atoms with E-state index in [9.17, 15) is 19.3 Å². The van der Waals surface area contributed by atoms with Gasteiger partial charge in [-0.05, 0) is 48.9 Å². The molecule has 1 heterocycles. The molecule has 3 aromatic rings. The van der Waals surface area contributed by atoms with Crippen LogP contribution in [0.15, 0.2) is 59.0 Å². The largest absolute Gasteiger partial charge is 0.486 e. The SMILES string of the molecule is Cc1ccc(F)c(NC(=O)c2ccc(COc3ccc([N+](=O)[O-])cc3)o2)c1. The van der Waals surface area contributed by atoms with Gasteiger partial charge in [-0.15, -0.1) is 0 Å². The lowest BCUT2D eigenvalue weighted by molar-refractivity contribution is -0.384. The Balaban J connectivity index is 1.61. The van der Waals surface area contributed by atoms with E-state index in [4.69, 9.17) is 9.15 Å². The number of non-ortho nitro benzene ring substituents is 1. The van der Waals surface area contributed by atoms with Crippen LogP contribution in [0.2, 0.25) is 0 Å². The van der Waals surface area contributed by atoms with E-state index in [0.29, 0.717) is 11.5 Å². The Labute approximate surface area is 153 Å². The van der Waals surface area contributed by atoms with Gasteiger partial charge in [0.15, 0.2) is 5.76 Å². The number of furan rings is 1. The number of amides is 1. The van der Waals surface area contributed by atoms with Gasteiger partial charge in [-0.2, -0.15) is 0 Å². The summed E-state index contributed by atoms with van der Waals surface area (Å²) in [5.41, 5.74) is 0.839. The van der Waals surface area contributed by atoms with Gasteiger partial charge in [0.05, 0.1) is 10.6 Å². The number of ether oxygens (including phenoxy) is 1. The third kappa shape index (κ3) is 4.49. The Bertz CT molecular complexity index is 982. The van der Waals surface area contributed by atoms with Gasteiger partial charge < -0.3 is 14.5 Å². The number of anilines is 1. The van der Waals surface area contributed by atoms with E-state index in [2.05, 4.69) is 5.32 Å². The molecular formula is C19H15FN2O5. The second-order valence-corrected chi connectivity index (χ2v) is 5.74. The van der Waals surface area contributed by atoms with Crippen molar-refractivity contribution in [2.45, 2.75) is 13.5 Å². The van der Waals surface area contributed by atoms with Crippen LogP contribution < -0.4 is 10.1 Å². The number of halogens is 1. The van der Waals surface area contributed by atoms with Gasteiger partial charge in [-0.25, -0.2) is 4.39 Å². The maximum absolute atomic E-state index is 13.7. The molecule has 0 aliphatic heterocycles. The van der Waals surface area contributed by atoms with Crippen LogP contribution in [0.5, 0.6) is 5.75 Å². The number of hydrogen-bond acceptors (Lipinski definition) is 5. The molecule has 0 aliphatic carbocycles. The maximum atomic E-state index is 13.7. The van der Waals surface area contributed by atoms with Crippen molar-refractivity contribution in [3.8, 4) is 5.75 Å². The van der Waals surface area contributed by atoms with Crippen molar-refractivity contribution in [3.63, 3.8) is 0 Å². The Kier molecular flexibility index (Phi) is 5.16. The summed E-state index contributed by atoms with van der Waals surface area (Å²) in [6, 6.07) is 13.0. The first-order valence-corrected chi connectivity index (χ1v) is 7.96. The molecule has 1 aromatic heterocycles. The van der Waals surface area contributed by atoms with Gasteiger partial charge >= 0.3 is 0 Å². The summed E-state index contributed by atoms with van der Waals surface area (Å²) in [7, 11) is 0. The predicted molar refractivity (Wildman–Crippen MR) is 95.2 cm³/mol. The summed E-state index contributed by atoms with van der Waals surface area (Å²) in [5, 5.41) is 13.1. The highest BCUT2D eigenvalue weighted by atomic mass is 19.1. The highest BCUT2D eigenvalue weighted by Crippen LogP contribution is 2.20. The summed E-state index contributed by atoms with van der Waals surface area (Å²) in [4.78, 5) is 22.3. The van der Waals surface area contributed by atoms with Crippen molar-refractivity contribution >= 4 is 17.3 Å². The standard InChI is InChI=1S/C19H15FN2O5/c1-12-2-8-16(20)17(10-12)21-19(23)18-9-7-15(27-18)11-26-14-5-3-13(4-6-14)22(24)25/h2-10H,11H2,1H3,(H,21,23). The van der Waals surface area contributed by atoms with Crippen molar-refractivity contribution in [1.82, 2.24) is 0 Å². The van der Waals surface area contributed by atoms with Crippen molar-refractivity contribution in [2.24, 2.45) is 0 Å². The fourth-order valence-electron chi connectivity index (χ4n) is 2.31. The number of carbonyl (C=O) groups is 1. The number of nitrogens with zero attached hydrogens (tertiary/aromatic N) is 1. The van der Waals surface area contributed by atoms with Crippen LogP contribution in [0.25, 0.3) is 0 Å². The molecule has 2 aromatic carbocycles. The molecule has 0 fully saturated rings. The van der Waals surface area contributed by atoms with Crippen LogP contribution in [0.3, 0.4) is 0 Å². The van der Waals surface area contributed by atoms with Crippen LogP contribution >= 0.6 is 0 Å². The topological polar surface area (TPSA) is 94.6 Å². The number of benzene rings is 2. The van der Waals surface area contributed by atoms with Gasteiger partial charge in [0.25, 0.3) is 11.6 Å². The fraction of sp³-hybridized carbons (Fsp3) is 0.105. The molecular weight excluding hydrogens is 355 g/mol. The summed E-state index contributed by atoms with van der Waals surface area (Å²) >= 11 is 0. The highest BCUT2D eigenvalue weighted by molar-refractivity contribution is 6.02. The molecule has 1 amide bonds. The van der Waals surface area contributed by atoms with E-state index < -0.39 is 16.6 Å². The van der Waals surface area contributed by atoms with Crippen molar-refractivity contribution in [1.29, 1.82) is 0 Å². The third-order valence-electron chi connectivity index (χ3n) is 3.68. The number of rotatable bonds is 6. The van der Waals surface area contributed by atoms with Crippen LogP contribution in [0.1, 0.15) is 21.9 Å². The minimum Gasteiger partial charge on any atom is -0.486 e. The smallest absolute Gasteiger partial charge is 0.291 e. The molecule has 8 heteroatoms. The third-order valence-corrected chi connectivity index (χ3v) is 3.68. The monoisotopic (exact) mass is 370 g/mol. The van der Waals surface area contributed by atoms with Crippen LogP contribution in [0, 0.1) is 22.9 Å². The summed E-state index contributed by atoms with van der Waals surface area (Å²) < 4.78 is 24.6. The summed E-state index contributed by atoms with van der Waals surface area (Å²) in [6.45, 7) is 1.82. The van der Waals surface area contributed by atoms with Gasteiger partial charge in [0.2, 0.25) is 0 Å². The molecule has 1 N–H and O–H groups in total. The van der Waals surface area contributed by atoms with Crippen LogP contribution in [-0.4, -0.2) is 10.8 Å². The molecule has 0 spiro atoms. The molecule has 7 nitrogen and oxygen atoms in total. The number of nitro benzene ring substituents is 1. The predicted octanol–water partition coefficient (Wildman–Crippen LogP) is 4.47. The van der Waals surface area contributed by atoms with E-state index in [1.807, 2.05) is 0 Å². The normalized spacial score (nSPS) is 10.4. The van der Waals surface area contributed by atoms with E-state index in [1.165, 1.54) is 42.5 Å². The molecule has 27 heavy (non-hydrogen) atoms. The fourth-order valence-corrected chi connectivity index (χ4v) is 2.31. The summed E-state index contributed by atoms with van der Waals surface area (Å²) in [6.07, 6.45) is 0. The molecule has 0 atom stereocenters. The number of nitro groups is 1. The van der Waals surface area contributed by atoms with Gasteiger partial charge in [-0.3, -0.25) is 14.9 Å². The van der Waals surface area contributed by atoms with Crippen molar-refractivity contribution in [2.75, 3.05) is 5.32 Å². The maximum Gasteiger partial charge on any atom is 0.291 e. The minimum absolute atomic E-state index is 0.0122. The molecule has 138 valence electrons. The zero-order valence-electron chi connectivity index (χ0n) is 14.3. The van der Waals surface area contributed by atoms with Gasteiger partial charge in [0.1, 0.15) is 23.9 Å². The van der Waals surface area contributed by atoms with Crippen molar-refractivity contribution in [3.05, 3.63) is 87.6 Å². The highest BCUT2D eigenvalue weighted by Gasteiger charge is 2.14.